The molecule has 0 aromatic heterocycles. The number of hydrogen-bond donors (Lipinski definition) is 6. The Balaban J connectivity index is 1.64. The van der Waals surface area contributed by atoms with Gasteiger partial charge in [0, 0.05) is 42.0 Å². The molecule has 2 aliphatic carbocycles. The maximum Gasteiger partial charge on any atom is 0.202 e. The van der Waals surface area contributed by atoms with Crippen LogP contribution < -0.4 is 10.1 Å². The van der Waals surface area contributed by atoms with E-state index in [4.69, 9.17) is 19.5 Å². The Labute approximate surface area is 239 Å². The van der Waals surface area contributed by atoms with Crippen LogP contribution in [0.25, 0.3) is 0 Å². The highest BCUT2D eigenvalue weighted by Gasteiger charge is 2.50. The van der Waals surface area contributed by atoms with Gasteiger partial charge >= 0.3 is 0 Å². The fraction of sp³-hybridized carbons (Fsp3) is 0.448. The predicted molar refractivity (Wildman–Crippen MR) is 141 cm³/mol. The number of nitrogens with one attached hydrogen (secondary N) is 1. The van der Waals surface area contributed by atoms with E-state index in [0.717, 1.165) is 0 Å². The number of fused-ring (bicyclic) bond motifs is 3. The molecule has 2 aromatic rings. The molecular formula is C29H30N2O11. The number of phenols is 2. The van der Waals surface area contributed by atoms with E-state index in [1.165, 1.54) is 25.3 Å². The lowest BCUT2D eigenvalue weighted by Crippen LogP contribution is -2.54. The molecule has 6 N–H and O–H groups in total. The summed E-state index contributed by atoms with van der Waals surface area (Å²) >= 11 is 0. The highest BCUT2D eigenvalue weighted by Crippen LogP contribution is 2.52. The van der Waals surface area contributed by atoms with Crippen LogP contribution >= 0.6 is 0 Å². The average molecular weight is 583 g/mol. The van der Waals surface area contributed by atoms with Crippen molar-refractivity contribution >= 4 is 17.3 Å². The van der Waals surface area contributed by atoms with Gasteiger partial charge in [0.15, 0.2) is 17.9 Å². The van der Waals surface area contributed by atoms with E-state index in [9.17, 15) is 39.9 Å². The fourth-order valence-corrected chi connectivity index (χ4v) is 6.10. The highest BCUT2D eigenvalue weighted by atomic mass is 16.7. The Bertz CT molecular complexity index is 1520. The topological polar surface area (TPSA) is 216 Å². The number of aliphatic hydroxyl groups is 3. The summed E-state index contributed by atoms with van der Waals surface area (Å²) in [6.07, 6.45) is -5.31. The SMILES string of the molecule is COc1cccc2c1C(=O)c1c(O)c3c(c(O)c1C2=O)CC(O)(C(=O)CO)CC3OC1CC(NCC#N)C(O)C(C)O1. The van der Waals surface area contributed by atoms with Crippen molar-refractivity contribution in [2.75, 3.05) is 20.3 Å². The van der Waals surface area contributed by atoms with Crippen LogP contribution in [0.5, 0.6) is 17.2 Å². The van der Waals surface area contributed by atoms with Gasteiger partial charge in [-0.05, 0) is 13.0 Å². The first-order valence-corrected chi connectivity index (χ1v) is 13.3. The molecule has 0 amide bonds. The van der Waals surface area contributed by atoms with Crippen molar-refractivity contribution in [1.82, 2.24) is 5.32 Å². The van der Waals surface area contributed by atoms with E-state index in [-0.39, 0.29) is 41.0 Å². The van der Waals surface area contributed by atoms with Gasteiger partial charge in [0.2, 0.25) is 5.78 Å². The molecule has 222 valence electrons. The van der Waals surface area contributed by atoms with Crippen molar-refractivity contribution in [3.05, 3.63) is 51.6 Å². The second kappa shape index (κ2) is 11.1. The van der Waals surface area contributed by atoms with Crippen LogP contribution in [-0.4, -0.2) is 93.3 Å². The lowest BCUT2D eigenvalue weighted by atomic mass is 9.72. The molecule has 0 bridgehead atoms. The second-order valence-corrected chi connectivity index (χ2v) is 10.6. The smallest absolute Gasteiger partial charge is 0.202 e. The summed E-state index contributed by atoms with van der Waals surface area (Å²) < 4.78 is 17.2. The monoisotopic (exact) mass is 582 g/mol. The molecular weight excluding hydrogens is 552 g/mol. The maximum atomic E-state index is 13.7. The van der Waals surface area contributed by atoms with Crippen LogP contribution in [0.2, 0.25) is 0 Å². The van der Waals surface area contributed by atoms with Crippen molar-refractivity contribution < 1.29 is 54.1 Å². The quantitative estimate of drug-likeness (QED) is 0.162. The fourth-order valence-electron chi connectivity index (χ4n) is 6.10. The van der Waals surface area contributed by atoms with Gasteiger partial charge in [-0.25, -0.2) is 0 Å². The lowest BCUT2D eigenvalue weighted by Gasteiger charge is -2.42. The number of carbonyl (C=O) groups is 3. The van der Waals surface area contributed by atoms with Gasteiger partial charge in [-0.3, -0.25) is 19.7 Å². The number of rotatable bonds is 7. The van der Waals surface area contributed by atoms with Crippen LogP contribution in [0, 0.1) is 11.3 Å². The minimum absolute atomic E-state index is 0.0189. The summed E-state index contributed by atoms with van der Waals surface area (Å²) in [5.74, 6) is -3.87. The van der Waals surface area contributed by atoms with E-state index >= 15 is 0 Å². The van der Waals surface area contributed by atoms with Gasteiger partial charge in [-0.15, -0.1) is 0 Å². The number of Topliss-reactive ketones (excluding diaryl/α,β-unsaturated/α-hetero) is 1. The number of phenolic OH excluding ortho intramolecular Hbond substituents is 2. The highest BCUT2D eigenvalue weighted by molar-refractivity contribution is 6.31. The molecule has 1 fully saturated rings. The summed E-state index contributed by atoms with van der Waals surface area (Å²) in [7, 11) is 1.32. The minimum atomic E-state index is -2.27. The first-order valence-electron chi connectivity index (χ1n) is 13.3. The zero-order valence-electron chi connectivity index (χ0n) is 22.8. The molecule has 13 heteroatoms. The number of aliphatic hydroxyl groups excluding tert-OH is 2. The molecule has 0 saturated carbocycles. The molecule has 42 heavy (non-hydrogen) atoms. The van der Waals surface area contributed by atoms with Gasteiger partial charge in [0.1, 0.15) is 29.5 Å². The zero-order valence-corrected chi connectivity index (χ0v) is 22.8. The molecule has 1 heterocycles. The molecule has 0 spiro atoms. The Hall–Kier alpha value is -3.90. The molecule has 1 aliphatic heterocycles. The normalized spacial score (nSPS) is 28.3. The first kappa shape index (κ1) is 29.6. The largest absolute Gasteiger partial charge is 0.507 e. The summed E-state index contributed by atoms with van der Waals surface area (Å²) in [6, 6.07) is 5.64. The molecule has 6 unspecified atom stereocenters. The van der Waals surface area contributed by atoms with Gasteiger partial charge in [-0.1, -0.05) is 12.1 Å². The second-order valence-electron chi connectivity index (χ2n) is 10.6. The number of nitriles is 1. The van der Waals surface area contributed by atoms with E-state index in [2.05, 4.69) is 5.32 Å². The van der Waals surface area contributed by atoms with Crippen LogP contribution in [0.3, 0.4) is 0 Å². The first-order chi connectivity index (χ1) is 20.0. The summed E-state index contributed by atoms with van der Waals surface area (Å²) in [5, 5.41) is 66.2. The number of hydrogen-bond acceptors (Lipinski definition) is 13. The van der Waals surface area contributed by atoms with Crippen molar-refractivity contribution in [3.8, 4) is 23.3 Å². The molecule has 1 saturated heterocycles. The third kappa shape index (κ3) is 4.62. The summed E-state index contributed by atoms with van der Waals surface area (Å²) in [4.78, 5) is 40.0. The van der Waals surface area contributed by atoms with Gasteiger partial charge < -0.3 is 39.7 Å². The lowest BCUT2D eigenvalue weighted by molar-refractivity contribution is -0.249. The molecule has 6 atom stereocenters. The zero-order chi connectivity index (χ0) is 30.5. The van der Waals surface area contributed by atoms with Crippen molar-refractivity contribution in [2.24, 2.45) is 0 Å². The third-order valence-corrected chi connectivity index (χ3v) is 8.20. The Morgan fingerprint density at radius 2 is 1.90 bits per heavy atom. The average Bonchev–Trinajstić information content (AvgIpc) is 2.97. The molecule has 0 radical (unpaired) electrons. The number of nitrogens with zero attached hydrogens (tertiary/aromatic N) is 1. The summed E-state index contributed by atoms with van der Waals surface area (Å²) in [6.45, 7) is 0.473. The molecule has 5 rings (SSSR count). The van der Waals surface area contributed by atoms with E-state index in [1.54, 1.807) is 6.92 Å². The van der Waals surface area contributed by atoms with Crippen molar-refractivity contribution in [2.45, 2.75) is 62.4 Å². The minimum Gasteiger partial charge on any atom is -0.507 e. The van der Waals surface area contributed by atoms with Crippen LogP contribution in [-0.2, 0) is 20.7 Å². The molecule has 2 aromatic carbocycles. The number of methoxy groups -OCH3 is 1. The molecule has 13 nitrogen and oxygen atoms in total. The predicted octanol–water partition coefficient (Wildman–Crippen LogP) is 0.156. The Morgan fingerprint density at radius 3 is 2.57 bits per heavy atom. The van der Waals surface area contributed by atoms with E-state index in [0.29, 0.717) is 0 Å². The standard InChI is InChI=1S/C29H30N2O11/c1-12-24(34)15(31-7-6-30)8-19(41-12)42-17-10-29(39,18(33)11-32)9-14-21(17)28(38)23-22(26(14)36)25(35)13-4-3-5-16(40-2)20(13)27(23)37/h3-5,12,15,17,19,24,31-32,34,36,38-39H,7-11H2,1-2H3. The van der Waals surface area contributed by atoms with E-state index in [1.807, 2.05) is 6.07 Å². The molecule has 3 aliphatic rings. The number of benzene rings is 2. The number of ketones is 3. The van der Waals surface area contributed by atoms with Crippen LogP contribution in [0.1, 0.15) is 68.8 Å². The van der Waals surface area contributed by atoms with Crippen LogP contribution in [0.15, 0.2) is 18.2 Å². The van der Waals surface area contributed by atoms with E-state index < -0.39 is 95.7 Å². The van der Waals surface area contributed by atoms with Gasteiger partial charge in [0.25, 0.3) is 0 Å². The Kier molecular flexibility index (Phi) is 7.80. The number of aromatic hydroxyl groups is 2. The van der Waals surface area contributed by atoms with Gasteiger partial charge in [0.05, 0.1) is 54.7 Å². The number of ether oxygens (including phenoxy) is 3. The van der Waals surface area contributed by atoms with Crippen molar-refractivity contribution in [1.29, 1.82) is 5.26 Å². The van der Waals surface area contributed by atoms with Crippen molar-refractivity contribution in [3.63, 3.8) is 0 Å². The third-order valence-electron chi connectivity index (χ3n) is 8.20. The summed E-state index contributed by atoms with van der Waals surface area (Å²) in [5.41, 5.74) is -3.76. The van der Waals surface area contributed by atoms with Gasteiger partial charge in [-0.2, -0.15) is 5.26 Å². The van der Waals surface area contributed by atoms with Crippen LogP contribution in [0.4, 0.5) is 0 Å². The Morgan fingerprint density at radius 1 is 1.19 bits per heavy atom. The number of carbonyl (C=O) groups excluding carboxylic acids is 3. The maximum absolute atomic E-state index is 13.7.